The SMILES string of the molecule is CC(CC(=O)Nc1ccccc1N)c1ccccc1. The molecule has 0 spiro atoms. The fraction of sp³-hybridized carbons (Fsp3) is 0.188. The van der Waals surface area contributed by atoms with Gasteiger partial charge in [0, 0.05) is 6.42 Å². The number of anilines is 2. The van der Waals surface area contributed by atoms with Crippen molar-refractivity contribution in [3.05, 3.63) is 60.2 Å². The molecule has 2 aromatic carbocycles. The first-order valence-electron chi connectivity index (χ1n) is 6.36. The molecule has 19 heavy (non-hydrogen) atoms. The number of nitrogens with two attached hydrogens (primary N) is 1. The van der Waals surface area contributed by atoms with Crippen LogP contribution in [-0.2, 0) is 4.79 Å². The van der Waals surface area contributed by atoms with E-state index in [4.69, 9.17) is 5.73 Å². The number of hydrogen-bond acceptors (Lipinski definition) is 2. The van der Waals surface area contributed by atoms with Crippen LogP contribution in [-0.4, -0.2) is 5.91 Å². The van der Waals surface area contributed by atoms with Crippen LogP contribution in [0, 0.1) is 0 Å². The smallest absolute Gasteiger partial charge is 0.225 e. The van der Waals surface area contributed by atoms with Crippen molar-refractivity contribution in [2.75, 3.05) is 11.1 Å². The molecule has 98 valence electrons. The molecule has 2 aromatic rings. The molecule has 3 N–H and O–H groups in total. The van der Waals surface area contributed by atoms with Crippen LogP contribution < -0.4 is 11.1 Å². The van der Waals surface area contributed by atoms with Crippen molar-refractivity contribution in [2.24, 2.45) is 0 Å². The van der Waals surface area contributed by atoms with E-state index in [0.717, 1.165) is 0 Å². The largest absolute Gasteiger partial charge is 0.397 e. The summed E-state index contributed by atoms with van der Waals surface area (Å²) in [5.74, 6) is 0.167. The zero-order valence-corrected chi connectivity index (χ0v) is 11.0. The van der Waals surface area contributed by atoms with E-state index in [0.29, 0.717) is 17.8 Å². The molecule has 0 heterocycles. The number of carbonyl (C=O) groups excluding carboxylic acids is 1. The first-order valence-corrected chi connectivity index (χ1v) is 6.36. The minimum absolute atomic E-state index is 0.0192. The summed E-state index contributed by atoms with van der Waals surface area (Å²) in [6, 6.07) is 17.3. The molecule has 1 amide bonds. The fourth-order valence-electron chi connectivity index (χ4n) is 1.99. The summed E-state index contributed by atoms with van der Waals surface area (Å²) in [4.78, 5) is 12.0. The van der Waals surface area contributed by atoms with Crippen LogP contribution in [0.3, 0.4) is 0 Å². The number of benzene rings is 2. The average Bonchev–Trinajstić information content (AvgIpc) is 2.42. The summed E-state index contributed by atoms with van der Waals surface area (Å²) in [6.45, 7) is 2.04. The van der Waals surface area contributed by atoms with E-state index in [9.17, 15) is 4.79 Å². The Morgan fingerprint density at radius 2 is 1.74 bits per heavy atom. The third-order valence-corrected chi connectivity index (χ3v) is 3.10. The van der Waals surface area contributed by atoms with Gasteiger partial charge in [0.25, 0.3) is 0 Å². The number of para-hydroxylation sites is 2. The van der Waals surface area contributed by atoms with Crippen molar-refractivity contribution in [2.45, 2.75) is 19.3 Å². The van der Waals surface area contributed by atoms with E-state index in [2.05, 4.69) is 5.32 Å². The third kappa shape index (κ3) is 3.58. The normalized spacial score (nSPS) is 11.8. The van der Waals surface area contributed by atoms with Crippen LogP contribution in [0.4, 0.5) is 11.4 Å². The maximum atomic E-state index is 12.0. The lowest BCUT2D eigenvalue weighted by Crippen LogP contribution is -2.15. The van der Waals surface area contributed by atoms with Crippen molar-refractivity contribution in [1.82, 2.24) is 0 Å². The fourth-order valence-corrected chi connectivity index (χ4v) is 1.99. The molecular weight excluding hydrogens is 236 g/mol. The molecule has 0 aliphatic heterocycles. The number of hydrogen-bond donors (Lipinski definition) is 2. The van der Waals surface area contributed by atoms with E-state index < -0.39 is 0 Å². The van der Waals surface area contributed by atoms with Crippen molar-refractivity contribution in [3.8, 4) is 0 Å². The maximum absolute atomic E-state index is 12.0. The second-order valence-corrected chi connectivity index (χ2v) is 4.65. The topological polar surface area (TPSA) is 55.1 Å². The van der Waals surface area contributed by atoms with Gasteiger partial charge in [0.1, 0.15) is 0 Å². The summed E-state index contributed by atoms with van der Waals surface area (Å²) in [6.07, 6.45) is 0.443. The Hall–Kier alpha value is -2.29. The highest BCUT2D eigenvalue weighted by Gasteiger charge is 2.11. The first-order chi connectivity index (χ1) is 9.16. The second-order valence-electron chi connectivity index (χ2n) is 4.65. The van der Waals surface area contributed by atoms with Gasteiger partial charge < -0.3 is 11.1 Å². The Morgan fingerprint density at radius 1 is 1.11 bits per heavy atom. The maximum Gasteiger partial charge on any atom is 0.225 e. The van der Waals surface area contributed by atoms with Gasteiger partial charge in [-0.1, -0.05) is 49.4 Å². The third-order valence-electron chi connectivity index (χ3n) is 3.10. The quantitative estimate of drug-likeness (QED) is 0.821. The highest BCUT2D eigenvalue weighted by atomic mass is 16.1. The lowest BCUT2D eigenvalue weighted by atomic mass is 9.97. The van der Waals surface area contributed by atoms with Gasteiger partial charge in [-0.2, -0.15) is 0 Å². The number of nitrogen functional groups attached to an aromatic ring is 1. The van der Waals surface area contributed by atoms with Gasteiger partial charge in [-0.25, -0.2) is 0 Å². The van der Waals surface area contributed by atoms with Crippen molar-refractivity contribution >= 4 is 17.3 Å². The summed E-state index contributed by atoms with van der Waals surface area (Å²) in [5, 5.41) is 2.85. The minimum atomic E-state index is -0.0192. The summed E-state index contributed by atoms with van der Waals surface area (Å²) < 4.78 is 0. The molecular formula is C16H18N2O. The molecule has 0 fully saturated rings. The van der Waals surface area contributed by atoms with Crippen LogP contribution in [0.1, 0.15) is 24.8 Å². The standard InChI is InChI=1S/C16H18N2O/c1-12(13-7-3-2-4-8-13)11-16(19)18-15-10-6-5-9-14(15)17/h2-10,12H,11,17H2,1H3,(H,18,19). The monoisotopic (exact) mass is 254 g/mol. The van der Waals surface area contributed by atoms with Gasteiger partial charge in [-0.15, -0.1) is 0 Å². The summed E-state index contributed by atoms with van der Waals surface area (Å²) in [5.41, 5.74) is 8.22. The lowest BCUT2D eigenvalue weighted by molar-refractivity contribution is -0.116. The molecule has 1 atom stereocenters. The molecule has 0 saturated carbocycles. The summed E-state index contributed by atoms with van der Waals surface area (Å²) >= 11 is 0. The number of nitrogens with one attached hydrogen (secondary N) is 1. The van der Waals surface area contributed by atoms with Gasteiger partial charge in [0.05, 0.1) is 11.4 Å². The Morgan fingerprint density at radius 3 is 2.42 bits per heavy atom. The Bertz CT molecular complexity index is 552. The average molecular weight is 254 g/mol. The van der Waals surface area contributed by atoms with Gasteiger partial charge >= 0.3 is 0 Å². The van der Waals surface area contributed by atoms with Crippen molar-refractivity contribution < 1.29 is 4.79 Å². The van der Waals surface area contributed by atoms with E-state index in [1.807, 2.05) is 49.4 Å². The van der Waals surface area contributed by atoms with Crippen LogP contribution >= 0.6 is 0 Å². The second kappa shape index (κ2) is 6.05. The molecule has 0 aromatic heterocycles. The Balaban J connectivity index is 1.97. The van der Waals surface area contributed by atoms with E-state index in [1.165, 1.54) is 5.56 Å². The molecule has 3 heteroatoms. The zero-order valence-electron chi connectivity index (χ0n) is 11.0. The molecule has 0 saturated heterocycles. The predicted octanol–water partition coefficient (Wildman–Crippen LogP) is 3.40. The molecule has 0 bridgehead atoms. The lowest BCUT2D eigenvalue weighted by Gasteiger charge is -2.12. The van der Waals surface area contributed by atoms with E-state index in [1.54, 1.807) is 12.1 Å². The zero-order chi connectivity index (χ0) is 13.7. The number of rotatable bonds is 4. The molecule has 1 unspecified atom stereocenters. The molecule has 2 rings (SSSR count). The van der Waals surface area contributed by atoms with Crippen molar-refractivity contribution in [3.63, 3.8) is 0 Å². The van der Waals surface area contributed by atoms with Gasteiger partial charge in [-0.3, -0.25) is 4.79 Å². The van der Waals surface area contributed by atoms with Gasteiger partial charge in [0.2, 0.25) is 5.91 Å². The minimum Gasteiger partial charge on any atom is -0.397 e. The molecule has 0 aliphatic carbocycles. The highest BCUT2D eigenvalue weighted by molar-refractivity contribution is 5.94. The van der Waals surface area contributed by atoms with Gasteiger partial charge in [-0.05, 0) is 23.6 Å². The van der Waals surface area contributed by atoms with Crippen LogP contribution in [0.15, 0.2) is 54.6 Å². The Labute approximate surface area is 113 Å². The van der Waals surface area contributed by atoms with Crippen LogP contribution in [0.5, 0.6) is 0 Å². The summed E-state index contributed by atoms with van der Waals surface area (Å²) in [7, 11) is 0. The first kappa shape index (κ1) is 13.1. The molecule has 3 nitrogen and oxygen atoms in total. The van der Waals surface area contributed by atoms with E-state index >= 15 is 0 Å². The van der Waals surface area contributed by atoms with Crippen LogP contribution in [0.2, 0.25) is 0 Å². The van der Waals surface area contributed by atoms with E-state index in [-0.39, 0.29) is 11.8 Å². The molecule has 0 aliphatic rings. The number of amides is 1. The molecule has 0 radical (unpaired) electrons. The Kier molecular flexibility index (Phi) is 4.18. The van der Waals surface area contributed by atoms with Crippen molar-refractivity contribution in [1.29, 1.82) is 0 Å². The van der Waals surface area contributed by atoms with Crippen LogP contribution in [0.25, 0.3) is 0 Å². The van der Waals surface area contributed by atoms with Gasteiger partial charge in [0.15, 0.2) is 0 Å². The predicted molar refractivity (Wildman–Crippen MR) is 79.0 cm³/mol. The highest BCUT2D eigenvalue weighted by Crippen LogP contribution is 2.21. The number of carbonyl (C=O) groups is 1.